The van der Waals surface area contributed by atoms with Gasteiger partial charge in [0.1, 0.15) is 5.75 Å². The summed E-state index contributed by atoms with van der Waals surface area (Å²) in [7, 11) is 0. The molecule has 0 saturated carbocycles. The summed E-state index contributed by atoms with van der Waals surface area (Å²) in [4.78, 5) is 23.7. The minimum Gasteiger partial charge on any atom is -0.481 e. The third kappa shape index (κ3) is 4.83. The van der Waals surface area contributed by atoms with E-state index in [1.165, 1.54) is 0 Å². The second kappa shape index (κ2) is 7.79. The number of nitrogens with one attached hydrogen (secondary N) is 1. The van der Waals surface area contributed by atoms with E-state index in [1.807, 2.05) is 6.92 Å². The summed E-state index contributed by atoms with van der Waals surface area (Å²) >= 11 is 5.88. The van der Waals surface area contributed by atoms with Crippen LogP contribution in [0, 0.1) is 0 Å². The first-order valence-electron chi connectivity index (χ1n) is 7.36. The summed E-state index contributed by atoms with van der Waals surface area (Å²) in [5, 5.41) is 3.29. The molecule has 0 saturated heterocycles. The molecule has 5 heteroatoms. The van der Waals surface area contributed by atoms with Gasteiger partial charge in [-0.3, -0.25) is 9.59 Å². The number of hydrogen-bond donors (Lipinski definition) is 1. The number of hydrogen-bond acceptors (Lipinski definition) is 3. The summed E-state index contributed by atoms with van der Waals surface area (Å²) in [6.45, 7) is 3.47. The van der Waals surface area contributed by atoms with Gasteiger partial charge in [-0.15, -0.1) is 0 Å². The number of carbonyl (C=O) groups is 2. The van der Waals surface area contributed by atoms with Crippen molar-refractivity contribution in [3.05, 3.63) is 59.1 Å². The van der Waals surface area contributed by atoms with E-state index in [4.69, 9.17) is 16.3 Å². The molecule has 0 bridgehead atoms. The highest BCUT2D eigenvalue weighted by molar-refractivity contribution is 6.30. The first-order valence-corrected chi connectivity index (χ1v) is 7.73. The normalized spacial score (nSPS) is 11.6. The van der Waals surface area contributed by atoms with Crippen LogP contribution in [0.15, 0.2) is 48.5 Å². The number of halogens is 1. The van der Waals surface area contributed by atoms with Crippen LogP contribution in [-0.4, -0.2) is 17.8 Å². The lowest BCUT2D eigenvalue weighted by Gasteiger charge is -2.15. The minimum absolute atomic E-state index is 0.0725. The smallest absolute Gasteiger partial charge is 0.265 e. The van der Waals surface area contributed by atoms with Gasteiger partial charge in [0.05, 0.1) is 0 Å². The first kappa shape index (κ1) is 17.0. The molecule has 1 amide bonds. The average molecular weight is 332 g/mol. The summed E-state index contributed by atoms with van der Waals surface area (Å²) in [6, 6.07) is 13.7. The lowest BCUT2D eigenvalue weighted by atomic mass is 10.1. The first-order chi connectivity index (χ1) is 11.0. The molecule has 0 aliphatic carbocycles. The van der Waals surface area contributed by atoms with Gasteiger partial charge in [-0.25, -0.2) is 0 Å². The van der Waals surface area contributed by atoms with Crippen molar-refractivity contribution in [1.29, 1.82) is 0 Å². The van der Waals surface area contributed by atoms with Crippen molar-refractivity contribution < 1.29 is 14.3 Å². The fourth-order valence-electron chi connectivity index (χ4n) is 1.99. The molecule has 0 fully saturated rings. The second-order valence-electron chi connectivity index (χ2n) is 5.06. The zero-order valence-electron chi connectivity index (χ0n) is 13.0. The number of ketones is 1. The maximum atomic E-state index is 12.1. The molecule has 23 heavy (non-hydrogen) atoms. The van der Waals surface area contributed by atoms with E-state index in [0.717, 1.165) is 0 Å². The number of Topliss-reactive ketones (excluding diaryl/α,β-unsaturated/α-hetero) is 1. The number of amides is 1. The van der Waals surface area contributed by atoms with Gasteiger partial charge in [-0.05, 0) is 49.4 Å². The summed E-state index contributed by atoms with van der Waals surface area (Å²) in [6.07, 6.45) is -0.222. The molecule has 0 aliphatic rings. The SMILES string of the molecule is CCC(=O)c1ccc(O[C@@H](C)C(=O)Nc2cccc(Cl)c2)cc1. The molecule has 120 valence electrons. The van der Waals surface area contributed by atoms with Gasteiger partial charge < -0.3 is 10.1 Å². The standard InChI is InChI=1S/C18H18ClNO3/c1-3-17(21)13-7-9-16(10-8-13)23-12(2)18(22)20-15-6-4-5-14(19)11-15/h4-12H,3H2,1-2H3,(H,20,22)/t12-/m0/s1. The molecule has 2 rings (SSSR count). The Labute approximate surface area is 140 Å². The van der Waals surface area contributed by atoms with Crippen LogP contribution in [0.25, 0.3) is 0 Å². The summed E-state index contributed by atoms with van der Waals surface area (Å²) in [5.41, 5.74) is 1.25. The number of ether oxygens (including phenoxy) is 1. The highest BCUT2D eigenvalue weighted by Gasteiger charge is 2.15. The van der Waals surface area contributed by atoms with Gasteiger partial charge in [0.2, 0.25) is 0 Å². The van der Waals surface area contributed by atoms with Crippen molar-refractivity contribution in [2.75, 3.05) is 5.32 Å². The summed E-state index contributed by atoms with van der Waals surface area (Å²) in [5.74, 6) is 0.329. The highest BCUT2D eigenvalue weighted by atomic mass is 35.5. The van der Waals surface area contributed by atoms with E-state index in [9.17, 15) is 9.59 Å². The fourth-order valence-corrected chi connectivity index (χ4v) is 2.18. The van der Waals surface area contributed by atoms with E-state index in [1.54, 1.807) is 55.5 Å². The number of rotatable bonds is 6. The molecule has 2 aromatic rings. The molecule has 1 atom stereocenters. The van der Waals surface area contributed by atoms with Gasteiger partial charge in [0, 0.05) is 22.7 Å². The maximum Gasteiger partial charge on any atom is 0.265 e. The fraction of sp³-hybridized carbons (Fsp3) is 0.222. The minimum atomic E-state index is -0.679. The molecule has 1 N–H and O–H groups in total. The lowest BCUT2D eigenvalue weighted by Crippen LogP contribution is -2.30. The Hall–Kier alpha value is -2.33. The van der Waals surface area contributed by atoms with Crippen LogP contribution >= 0.6 is 11.6 Å². The van der Waals surface area contributed by atoms with Crippen molar-refractivity contribution in [3.8, 4) is 5.75 Å². The van der Waals surface area contributed by atoms with Gasteiger partial charge in [-0.1, -0.05) is 24.6 Å². The highest BCUT2D eigenvalue weighted by Crippen LogP contribution is 2.17. The zero-order valence-corrected chi connectivity index (χ0v) is 13.8. The van der Waals surface area contributed by atoms with Crippen LogP contribution in [0.4, 0.5) is 5.69 Å². The second-order valence-corrected chi connectivity index (χ2v) is 5.50. The quantitative estimate of drug-likeness (QED) is 0.801. The molecular weight excluding hydrogens is 314 g/mol. The molecule has 2 aromatic carbocycles. The van der Waals surface area contributed by atoms with Gasteiger partial charge in [0.15, 0.2) is 11.9 Å². The maximum absolute atomic E-state index is 12.1. The van der Waals surface area contributed by atoms with Crippen LogP contribution in [0.5, 0.6) is 5.75 Å². The topological polar surface area (TPSA) is 55.4 Å². The monoisotopic (exact) mass is 331 g/mol. The predicted octanol–water partition coefficient (Wildman–Crippen LogP) is 4.34. The van der Waals surface area contributed by atoms with Crippen molar-refractivity contribution in [3.63, 3.8) is 0 Å². The molecule has 0 radical (unpaired) electrons. The van der Waals surface area contributed by atoms with Gasteiger partial charge in [0.25, 0.3) is 5.91 Å². The Morgan fingerprint density at radius 1 is 1.17 bits per heavy atom. The van der Waals surface area contributed by atoms with Crippen molar-refractivity contribution >= 4 is 29.0 Å². The Kier molecular flexibility index (Phi) is 5.77. The van der Waals surface area contributed by atoms with E-state index >= 15 is 0 Å². The third-order valence-electron chi connectivity index (χ3n) is 3.27. The van der Waals surface area contributed by atoms with Crippen molar-refractivity contribution in [1.82, 2.24) is 0 Å². The Morgan fingerprint density at radius 2 is 1.87 bits per heavy atom. The number of benzene rings is 2. The average Bonchev–Trinajstić information content (AvgIpc) is 2.54. The molecular formula is C18H18ClNO3. The van der Waals surface area contributed by atoms with Crippen LogP contribution < -0.4 is 10.1 Å². The summed E-state index contributed by atoms with van der Waals surface area (Å²) < 4.78 is 5.59. The van der Waals surface area contributed by atoms with E-state index in [0.29, 0.717) is 28.4 Å². The van der Waals surface area contributed by atoms with Gasteiger partial charge in [-0.2, -0.15) is 0 Å². The zero-order chi connectivity index (χ0) is 16.8. The van der Waals surface area contributed by atoms with Crippen LogP contribution in [0.2, 0.25) is 5.02 Å². The lowest BCUT2D eigenvalue weighted by molar-refractivity contribution is -0.122. The molecule has 0 unspecified atom stereocenters. The number of carbonyl (C=O) groups excluding carboxylic acids is 2. The van der Waals surface area contributed by atoms with Crippen molar-refractivity contribution in [2.24, 2.45) is 0 Å². The van der Waals surface area contributed by atoms with Crippen LogP contribution in [-0.2, 0) is 4.79 Å². The third-order valence-corrected chi connectivity index (χ3v) is 3.51. The molecule has 0 aromatic heterocycles. The molecule has 4 nitrogen and oxygen atoms in total. The van der Waals surface area contributed by atoms with Crippen LogP contribution in [0.1, 0.15) is 30.6 Å². The Bertz CT molecular complexity index is 698. The Balaban J connectivity index is 1.96. The molecule has 0 heterocycles. The predicted molar refractivity (Wildman–Crippen MR) is 91.2 cm³/mol. The van der Waals surface area contributed by atoms with E-state index in [2.05, 4.69) is 5.32 Å². The van der Waals surface area contributed by atoms with Gasteiger partial charge >= 0.3 is 0 Å². The van der Waals surface area contributed by atoms with Crippen molar-refractivity contribution in [2.45, 2.75) is 26.4 Å². The van der Waals surface area contributed by atoms with Crippen LogP contribution in [0.3, 0.4) is 0 Å². The molecule has 0 spiro atoms. The van der Waals surface area contributed by atoms with E-state index in [-0.39, 0.29) is 11.7 Å². The Morgan fingerprint density at radius 3 is 2.48 bits per heavy atom. The largest absolute Gasteiger partial charge is 0.481 e. The van der Waals surface area contributed by atoms with E-state index < -0.39 is 6.10 Å². The number of anilines is 1. The molecule has 0 aliphatic heterocycles.